The second-order valence-corrected chi connectivity index (χ2v) is 27.9. The zero-order chi connectivity index (χ0) is 60.7. The molecule has 13 aromatic carbocycles. The van der Waals surface area contributed by atoms with Crippen LogP contribution in [0.3, 0.4) is 0 Å². The summed E-state index contributed by atoms with van der Waals surface area (Å²) in [4.78, 5) is 5.07. The van der Waals surface area contributed by atoms with Crippen molar-refractivity contribution in [2.45, 2.75) is 77.0 Å². The van der Waals surface area contributed by atoms with Crippen LogP contribution in [0.15, 0.2) is 264 Å². The number of hydrogen-bond acceptors (Lipinski definition) is 4. The molecule has 0 amide bonds. The number of fused-ring (bicyclic) bond motifs is 25. The molecule has 4 nitrogen and oxygen atoms in total. The maximum absolute atomic E-state index is 6.89. The van der Waals surface area contributed by atoms with Gasteiger partial charge in [0.1, 0.15) is 22.3 Å². The highest BCUT2D eigenvalue weighted by atomic mass is 16.3. The molecule has 0 atom stereocenters. The fraction of sp³-hybridized carbons (Fsp3) is 0.140. The van der Waals surface area contributed by atoms with Crippen LogP contribution in [0, 0.1) is 0 Å². The quantitative estimate of drug-likeness (QED) is 0.155. The molecule has 15 aromatic rings. The van der Waals surface area contributed by atoms with Crippen molar-refractivity contribution in [3.05, 3.63) is 299 Å². The van der Waals surface area contributed by atoms with Gasteiger partial charge in [-0.15, -0.1) is 0 Å². The van der Waals surface area contributed by atoms with Gasteiger partial charge in [-0.1, -0.05) is 231 Å². The average molecular weight is 1160 g/mol. The van der Waals surface area contributed by atoms with Gasteiger partial charge < -0.3 is 18.6 Å². The highest BCUT2D eigenvalue weighted by molar-refractivity contribution is 6.23. The third-order valence-electron chi connectivity index (χ3n) is 20.4. The molecule has 0 fully saturated rings. The lowest BCUT2D eigenvalue weighted by Gasteiger charge is -2.36. The summed E-state index contributed by atoms with van der Waals surface area (Å²) in [5, 5.41) is 9.38. The first-order chi connectivity index (χ1) is 43.7. The Balaban J connectivity index is 0.989. The summed E-state index contributed by atoms with van der Waals surface area (Å²) in [6.07, 6.45) is 0. The van der Waals surface area contributed by atoms with Gasteiger partial charge >= 0.3 is 0 Å². The SMILES string of the molecule is CC(C)(C)c1cc(N(c2ccccc2)c2ccc3c4c(c5ccccc5c3c2)-c2c(cc(N(c3ccccc3)c3cc(C(C)(C)C)c5oc6ccccc6c5c3)c3c2-c2ccccc2C3(C)C)C42c3ccccc3-c3ccccc32)cc2c1oc1ccccc12. The van der Waals surface area contributed by atoms with Crippen LogP contribution in [0.1, 0.15) is 99.9 Å². The maximum Gasteiger partial charge on any atom is 0.139 e. The number of anilines is 6. The molecule has 0 bridgehead atoms. The van der Waals surface area contributed by atoms with E-state index < -0.39 is 10.8 Å². The van der Waals surface area contributed by atoms with Crippen LogP contribution < -0.4 is 9.80 Å². The molecule has 0 unspecified atom stereocenters. The van der Waals surface area contributed by atoms with E-state index in [1.807, 2.05) is 0 Å². The number of para-hydroxylation sites is 4. The Kier molecular flexibility index (Phi) is 10.9. The minimum absolute atomic E-state index is 0.215. The van der Waals surface area contributed by atoms with Crippen molar-refractivity contribution in [2.75, 3.05) is 9.80 Å². The Morgan fingerprint density at radius 2 is 0.756 bits per heavy atom. The first-order valence-electron chi connectivity index (χ1n) is 31.8. The average Bonchev–Trinajstić information content (AvgIpc) is 1.49. The van der Waals surface area contributed by atoms with Crippen LogP contribution in [0.2, 0.25) is 0 Å². The summed E-state index contributed by atoms with van der Waals surface area (Å²) in [7, 11) is 0. The number of rotatable bonds is 6. The van der Waals surface area contributed by atoms with E-state index >= 15 is 0 Å². The van der Waals surface area contributed by atoms with Crippen molar-refractivity contribution in [3.8, 4) is 33.4 Å². The standard InChI is InChI=1S/C86H66N2O2/c1-83(2,3)71-48-54(46-65-59-34-20-25-41-74(59)89-81(65)71)87(51-27-11-9-12-28-51)53-43-44-62-64(45-53)56-31-15-16-36-61(56)76-78-70(86(79(62)76)68-39-23-17-32-57(68)58-33-18-24-40-69(58)86)50-73(80-77(78)63-37-19-22-38-67(63)85(80,7)8)88(52-29-13-10-14-30-52)55-47-66-60-35-21-26-42-75(60)90-82(66)72(49-55)84(4,5)6/h9-50H,1-8H3. The monoisotopic (exact) mass is 1160 g/mol. The maximum atomic E-state index is 6.89. The summed E-state index contributed by atoms with van der Waals surface area (Å²) in [6, 6.07) is 95.9. The molecule has 4 heteroatoms. The Morgan fingerprint density at radius 3 is 1.32 bits per heavy atom. The van der Waals surface area contributed by atoms with Crippen LogP contribution in [-0.4, -0.2) is 0 Å². The van der Waals surface area contributed by atoms with E-state index in [1.165, 1.54) is 105 Å². The Hall–Kier alpha value is -10.4. The van der Waals surface area contributed by atoms with Gasteiger partial charge in [0.25, 0.3) is 0 Å². The van der Waals surface area contributed by atoms with Crippen molar-refractivity contribution in [1.29, 1.82) is 0 Å². The molecule has 2 aromatic heterocycles. The van der Waals surface area contributed by atoms with Gasteiger partial charge in [-0.25, -0.2) is 0 Å². The minimum atomic E-state index is -0.759. The normalized spacial score (nSPS) is 14.2. The van der Waals surface area contributed by atoms with Crippen molar-refractivity contribution in [2.24, 2.45) is 0 Å². The van der Waals surface area contributed by atoms with Gasteiger partial charge in [-0.05, 0) is 178 Å². The zero-order valence-corrected chi connectivity index (χ0v) is 52.0. The van der Waals surface area contributed by atoms with Gasteiger partial charge in [0.15, 0.2) is 0 Å². The number of nitrogens with zero attached hydrogens (tertiary/aromatic N) is 2. The number of furan rings is 2. The molecule has 3 aliphatic carbocycles. The van der Waals surface area contributed by atoms with Crippen LogP contribution in [0.5, 0.6) is 0 Å². The van der Waals surface area contributed by atoms with E-state index in [-0.39, 0.29) is 10.8 Å². The lowest BCUT2D eigenvalue weighted by Crippen LogP contribution is -2.27. The number of hydrogen-bond donors (Lipinski definition) is 0. The molecule has 0 N–H and O–H groups in total. The summed E-state index contributed by atoms with van der Waals surface area (Å²) in [6.45, 7) is 18.8. The molecule has 432 valence electrons. The lowest BCUT2D eigenvalue weighted by atomic mass is 9.68. The van der Waals surface area contributed by atoms with Crippen LogP contribution in [0.4, 0.5) is 34.1 Å². The van der Waals surface area contributed by atoms with Crippen molar-refractivity contribution < 1.29 is 8.83 Å². The third-order valence-corrected chi connectivity index (χ3v) is 20.4. The van der Waals surface area contributed by atoms with Crippen molar-refractivity contribution in [1.82, 2.24) is 0 Å². The van der Waals surface area contributed by atoms with Crippen molar-refractivity contribution >= 4 is 99.5 Å². The molecule has 90 heavy (non-hydrogen) atoms. The van der Waals surface area contributed by atoms with Gasteiger partial charge in [0.05, 0.1) is 11.1 Å². The van der Waals surface area contributed by atoms with Gasteiger partial charge in [0.2, 0.25) is 0 Å². The molecule has 18 rings (SSSR count). The largest absolute Gasteiger partial charge is 0.456 e. The summed E-state index contributed by atoms with van der Waals surface area (Å²) < 4.78 is 13.7. The molecule has 1 spiro atoms. The van der Waals surface area contributed by atoms with Gasteiger partial charge in [-0.3, -0.25) is 0 Å². The van der Waals surface area contributed by atoms with Crippen LogP contribution >= 0.6 is 0 Å². The first kappa shape index (κ1) is 52.7. The third kappa shape index (κ3) is 7.13. The molecule has 2 heterocycles. The van der Waals surface area contributed by atoms with Gasteiger partial charge in [0, 0.05) is 66.5 Å². The molecule has 0 saturated carbocycles. The lowest BCUT2D eigenvalue weighted by molar-refractivity contribution is 0.572. The predicted molar refractivity (Wildman–Crippen MR) is 377 cm³/mol. The predicted octanol–water partition coefficient (Wildman–Crippen LogP) is 24.0. The fourth-order valence-electron chi connectivity index (χ4n) is 16.6. The Bertz CT molecular complexity index is 5510. The van der Waals surface area contributed by atoms with E-state index in [4.69, 9.17) is 8.83 Å². The van der Waals surface area contributed by atoms with Crippen molar-refractivity contribution in [3.63, 3.8) is 0 Å². The molecule has 0 radical (unpaired) electrons. The number of benzene rings is 13. The van der Waals surface area contributed by atoms with E-state index in [0.29, 0.717) is 0 Å². The van der Waals surface area contributed by atoms with Crippen LogP contribution in [-0.2, 0) is 21.7 Å². The minimum Gasteiger partial charge on any atom is -0.456 e. The summed E-state index contributed by atoms with van der Waals surface area (Å²) >= 11 is 0. The molecule has 3 aliphatic rings. The van der Waals surface area contributed by atoms with E-state index in [0.717, 1.165) is 72.3 Å². The van der Waals surface area contributed by atoms with Gasteiger partial charge in [-0.2, -0.15) is 0 Å². The molecular weight excluding hydrogens is 1090 g/mol. The zero-order valence-electron chi connectivity index (χ0n) is 52.0. The molecule has 0 aliphatic heterocycles. The topological polar surface area (TPSA) is 32.8 Å². The van der Waals surface area contributed by atoms with E-state index in [2.05, 4.69) is 320 Å². The molecule has 0 saturated heterocycles. The summed E-state index contributed by atoms with van der Waals surface area (Å²) in [5.41, 5.74) is 26.6. The van der Waals surface area contributed by atoms with Crippen LogP contribution in [0.25, 0.3) is 98.8 Å². The highest BCUT2D eigenvalue weighted by Gasteiger charge is 2.56. The fourth-order valence-corrected chi connectivity index (χ4v) is 16.6. The van der Waals surface area contributed by atoms with E-state index in [9.17, 15) is 0 Å². The molecular formula is C86H66N2O2. The summed E-state index contributed by atoms with van der Waals surface area (Å²) in [5.74, 6) is 0. The second kappa shape index (κ2) is 18.6. The first-order valence-corrected chi connectivity index (χ1v) is 31.8. The second-order valence-electron chi connectivity index (χ2n) is 27.9. The van der Waals surface area contributed by atoms with E-state index in [1.54, 1.807) is 0 Å². The Morgan fingerprint density at radius 1 is 0.300 bits per heavy atom. The highest BCUT2D eigenvalue weighted by Crippen LogP contribution is 2.70. The smallest absolute Gasteiger partial charge is 0.139 e. The Labute approximate surface area is 524 Å².